The molecule has 0 bridgehead atoms. The minimum atomic E-state index is -0.853. The molecule has 0 aliphatic rings. The summed E-state index contributed by atoms with van der Waals surface area (Å²) in [5.74, 6) is -1.63. The molecule has 1 aromatic rings. The van der Waals surface area contributed by atoms with Gasteiger partial charge < -0.3 is 5.32 Å². The maximum atomic E-state index is 11.0. The predicted molar refractivity (Wildman–Crippen MR) is 66.3 cm³/mol. The normalized spacial score (nSPS) is 10.3. The molecular weight excluding hydrogens is 265 g/mol. The number of carbonyl (C=O) groups excluding carboxylic acids is 2. The van der Waals surface area contributed by atoms with E-state index in [-0.39, 0.29) is 0 Å². The van der Waals surface area contributed by atoms with Crippen LogP contribution in [0.2, 0.25) is 10.0 Å². The number of carbonyl (C=O) groups is 2. The van der Waals surface area contributed by atoms with Crippen molar-refractivity contribution in [3.05, 3.63) is 33.8 Å². The Bertz CT molecular complexity index is 475. The van der Waals surface area contributed by atoms with Crippen LogP contribution in [0.1, 0.15) is 5.56 Å². The van der Waals surface area contributed by atoms with Crippen molar-refractivity contribution in [2.24, 2.45) is 5.10 Å². The van der Waals surface area contributed by atoms with Crippen molar-refractivity contribution >= 4 is 41.2 Å². The molecule has 0 radical (unpaired) electrons. The highest BCUT2D eigenvalue weighted by atomic mass is 35.5. The van der Waals surface area contributed by atoms with Gasteiger partial charge in [0.05, 0.1) is 11.2 Å². The number of rotatable bonds is 2. The number of hydrogen-bond acceptors (Lipinski definition) is 3. The molecule has 1 aromatic carbocycles. The number of nitrogens with zero attached hydrogens (tertiary/aromatic N) is 1. The zero-order valence-corrected chi connectivity index (χ0v) is 10.3. The molecular formula is C10H9Cl2N3O2. The Morgan fingerprint density at radius 1 is 1.29 bits per heavy atom. The van der Waals surface area contributed by atoms with Gasteiger partial charge in [-0.05, 0) is 12.1 Å². The highest BCUT2D eigenvalue weighted by Crippen LogP contribution is 2.19. The third-order valence-corrected chi connectivity index (χ3v) is 2.33. The van der Waals surface area contributed by atoms with Crippen molar-refractivity contribution in [3.8, 4) is 0 Å². The van der Waals surface area contributed by atoms with E-state index in [0.29, 0.717) is 15.6 Å². The zero-order valence-electron chi connectivity index (χ0n) is 8.83. The second kappa shape index (κ2) is 6.22. The van der Waals surface area contributed by atoms with Crippen molar-refractivity contribution in [1.82, 2.24) is 10.7 Å². The Labute approximate surface area is 108 Å². The lowest BCUT2D eigenvalue weighted by molar-refractivity contribution is -0.138. The van der Waals surface area contributed by atoms with Crippen molar-refractivity contribution < 1.29 is 9.59 Å². The van der Waals surface area contributed by atoms with Crippen LogP contribution >= 0.6 is 23.2 Å². The maximum Gasteiger partial charge on any atom is 0.329 e. The average Bonchev–Trinajstić information content (AvgIpc) is 2.30. The number of nitrogens with one attached hydrogen (secondary N) is 2. The Balaban J connectivity index is 2.65. The number of benzene rings is 1. The van der Waals surface area contributed by atoms with E-state index in [2.05, 4.69) is 15.8 Å². The Morgan fingerprint density at radius 2 is 2.00 bits per heavy atom. The van der Waals surface area contributed by atoms with Gasteiger partial charge in [0.15, 0.2) is 0 Å². The molecule has 7 heteroatoms. The molecule has 90 valence electrons. The molecule has 17 heavy (non-hydrogen) atoms. The van der Waals surface area contributed by atoms with E-state index in [1.807, 2.05) is 0 Å². The van der Waals surface area contributed by atoms with Gasteiger partial charge in [-0.1, -0.05) is 29.3 Å². The van der Waals surface area contributed by atoms with Crippen LogP contribution in [0.3, 0.4) is 0 Å². The van der Waals surface area contributed by atoms with Gasteiger partial charge in [0.2, 0.25) is 0 Å². The van der Waals surface area contributed by atoms with E-state index in [1.165, 1.54) is 13.3 Å². The maximum absolute atomic E-state index is 11.0. The van der Waals surface area contributed by atoms with Crippen LogP contribution in [0.5, 0.6) is 0 Å². The topological polar surface area (TPSA) is 70.6 Å². The standard InChI is InChI=1S/C10H9Cl2N3O2/c1-13-9(16)10(17)15-14-5-6-2-3-7(11)4-8(6)12/h2-5H,1H3,(H,13,16)(H,15,17)/b14-5-. The highest BCUT2D eigenvalue weighted by Gasteiger charge is 2.08. The molecule has 1 rings (SSSR count). The van der Waals surface area contributed by atoms with Gasteiger partial charge in [-0.15, -0.1) is 0 Å². The summed E-state index contributed by atoms with van der Waals surface area (Å²) in [6.45, 7) is 0. The summed E-state index contributed by atoms with van der Waals surface area (Å²) in [5.41, 5.74) is 2.63. The van der Waals surface area contributed by atoms with Gasteiger partial charge in [0.25, 0.3) is 0 Å². The third kappa shape index (κ3) is 4.05. The van der Waals surface area contributed by atoms with E-state index in [1.54, 1.807) is 18.2 Å². The van der Waals surface area contributed by atoms with Crippen LogP contribution in [0.4, 0.5) is 0 Å². The van der Waals surface area contributed by atoms with Crippen molar-refractivity contribution in [2.45, 2.75) is 0 Å². The monoisotopic (exact) mass is 273 g/mol. The Morgan fingerprint density at radius 3 is 2.59 bits per heavy atom. The van der Waals surface area contributed by atoms with Crippen LogP contribution in [0, 0.1) is 0 Å². The van der Waals surface area contributed by atoms with E-state index in [4.69, 9.17) is 23.2 Å². The van der Waals surface area contributed by atoms with Crippen LogP contribution in [-0.2, 0) is 9.59 Å². The minimum absolute atomic E-state index is 0.399. The first kappa shape index (κ1) is 13.5. The number of hydrazone groups is 1. The first-order chi connectivity index (χ1) is 8.04. The van der Waals surface area contributed by atoms with E-state index < -0.39 is 11.8 Å². The summed E-state index contributed by atoms with van der Waals surface area (Å²) in [7, 11) is 1.35. The van der Waals surface area contributed by atoms with Crippen LogP contribution in [0.25, 0.3) is 0 Å². The number of halogens is 2. The summed E-state index contributed by atoms with van der Waals surface area (Å²) >= 11 is 11.6. The summed E-state index contributed by atoms with van der Waals surface area (Å²) in [5, 5.41) is 6.65. The number of amides is 2. The molecule has 0 saturated heterocycles. The Hall–Kier alpha value is -1.59. The van der Waals surface area contributed by atoms with Crippen molar-refractivity contribution in [3.63, 3.8) is 0 Å². The molecule has 0 atom stereocenters. The van der Waals surface area contributed by atoms with E-state index in [0.717, 1.165) is 0 Å². The van der Waals surface area contributed by atoms with Crippen molar-refractivity contribution in [1.29, 1.82) is 0 Å². The molecule has 0 unspecified atom stereocenters. The third-order valence-electron chi connectivity index (χ3n) is 1.77. The van der Waals surface area contributed by atoms with Gasteiger partial charge in [-0.25, -0.2) is 5.43 Å². The zero-order chi connectivity index (χ0) is 12.8. The molecule has 0 fully saturated rings. The van der Waals surface area contributed by atoms with Gasteiger partial charge in [-0.3, -0.25) is 9.59 Å². The quantitative estimate of drug-likeness (QED) is 0.483. The van der Waals surface area contributed by atoms with Crippen LogP contribution in [0.15, 0.2) is 23.3 Å². The average molecular weight is 274 g/mol. The fourth-order valence-electron chi connectivity index (χ4n) is 0.931. The molecule has 5 nitrogen and oxygen atoms in total. The minimum Gasteiger partial charge on any atom is -0.351 e. The summed E-state index contributed by atoms with van der Waals surface area (Å²) in [4.78, 5) is 21.8. The van der Waals surface area contributed by atoms with Gasteiger partial charge >= 0.3 is 11.8 Å². The molecule has 0 aliphatic heterocycles. The van der Waals surface area contributed by atoms with E-state index >= 15 is 0 Å². The van der Waals surface area contributed by atoms with Gasteiger partial charge in [0, 0.05) is 17.6 Å². The number of hydrogen-bond donors (Lipinski definition) is 2. The highest BCUT2D eigenvalue weighted by molar-refractivity contribution is 6.36. The molecule has 0 saturated carbocycles. The smallest absolute Gasteiger partial charge is 0.329 e. The predicted octanol–water partition coefficient (Wildman–Crippen LogP) is 1.19. The molecule has 0 heterocycles. The van der Waals surface area contributed by atoms with Crippen molar-refractivity contribution in [2.75, 3.05) is 7.05 Å². The second-order valence-electron chi connectivity index (χ2n) is 2.94. The Kier molecular flexibility index (Phi) is 4.93. The lowest BCUT2D eigenvalue weighted by atomic mass is 10.2. The SMILES string of the molecule is CNC(=O)C(=O)N/N=C\c1ccc(Cl)cc1Cl. The molecule has 2 amide bonds. The van der Waals surface area contributed by atoms with Gasteiger partial charge in [-0.2, -0.15) is 5.10 Å². The molecule has 2 N–H and O–H groups in total. The largest absolute Gasteiger partial charge is 0.351 e. The van der Waals surface area contributed by atoms with E-state index in [9.17, 15) is 9.59 Å². The summed E-state index contributed by atoms with van der Waals surface area (Å²) in [6.07, 6.45) is 1.32. The fraction of sp³-hybridized carbons (Fsp3) is 0.100. The lowest BCUT2D eigenvalue weighted by Crippen LogP contribution is -2.35. The number of likely N-dealkylation sites (N-methyl/N-ethyl adjacent to an activating group) is 1. The molecule has 0 aromatic heterocycles. The fourth-order valence-corrected chi connectivity index (χ4v) is 1.39. The first-order valence-electron chi connectivity index (χ1n) is 4.54. The van der Waals surface area contributed by atoms with Crippen LogP contribution in [-0.4, -0.2) is 25.1 Å². The second-order valence-corrected chi connectivity index (χ2v) is 3.79. The first-order valence-corrected chi connectivity index (χ1v) is 5.30. The summed E-state index contributed by atoms with van der Waals surface area (Å²) in [6, 6.07) is 4.82. The molecule has 0 spiro atoms. The summed E-state index contributed by atoms with van der Waals surface area (Å²) < 4.78 is 0. The molecule has 0 aliphatic carbocycles. The van der Waals surface area contributed by atoms with Gasteiger partial charge in [0.1, 0.15) is 0 Å². The lowest BCUT2D eigenvalue weighted by Gasteiger charge is -1.99. The van der Waals surface area contributed by atoms with Crippen LogP contribution < -0.4 is 10.7 Å².